The van der Waals surface area contributed by atoms with Gasteiger partial charge in [0.2, 0.25) is 5.91 Å². The Hall–Kier alpha value is -1.20. The predicted octanol–water partition coefficient (Wildman–Crippen LogP) is 1.36. The smallest absolute Gasteiger partial charge is 0.238 e. The lowest BCUT2D eigenvalue weighted by Crippen LogP contribution is -2.41. The number of benzene rings is 1. The van der Waals surface area contributed by atoms with Crippen molar-refractivity contribution in [1.82, 2.24) is 10.6 Å². The van der Waals surface area contributed by atoms with E-state index in [9.17, 15) is 4.79 Å². The SMILES string of the molecule is CCOc1ccc(CNC(=O)C2CSCN2)cc1. The molecule has 4 nitrogen and oxygen atoms in total. The average Bonchev–Trinajstić information content (AvgIpc) is 2.92. The van der Waals surface area contributed by atoms with Gasteiger partial charge in [-0.25, -0.2) is 0 Å². The summed E-state index contributed by atoms with van der Waals surface area (Å²) < 4.78 is 5.37. The summed E-state index contributed by atoms with van der Waals surface area (Å²) in [6, 6.07) is 7.76. The van der Waals surface area contributed by atoms with E-state index in [0.29, 0.717) is 13.2 Å². The first kappa shape index (κ1) is 13.2. The molecule has 0 radical (unpaired) electrons. The number of carbonyl (C=O) groups is 1. The van der Waals surface area contributed by atoms with E-state index in [-0.39, 0.29) is 11.9 Å². The summed E-state index contributed by atoms with van der Waals surface area (Å²) in [4.78, 5) is 11.8. The molecule has 1 atom stereocenters. The first-order valence-corrected chi connectivity index (χ1v) is 7.25. The van der Waals surface area contributed by atoms with Gasteiger partial charge in [-0.1, -0.05) is 12.1 Å². The van der Waals surface area contributed by atoms with Crippen molar-refractivity contribution in [2.75, 3.05) is 18.2 Å². The number of amides is 1. The zero-order valence-electron chi connectivity index (χ0n) is 10.4. The van der Waals surface area contributed by atoms with Gasteiger partial charge in [0.05, 0.1) is 12.6 Å². The minimum absolute atomic E-state index is 0.0438. The molecule has 0 spiro atoms. The minimum atomic E-state index is -0.0438. The molecule has 18 heavy (non-hydrogen) atoms. The molecule has 1 fully saturated rings. The lowest BCUT2D eigenvalue weighted by molar-refractivity contribution is -0.122. The van der Waals surface area contributed by atoms with Crippen LogP contribution in [0, 0.1) is 0 Å². The van der Waals surface area contributed by atoms with E-state index in [2.05, 4.69) is 10.6 Å². The van der Waals surface area contributed by atoms with Gasteiger partial charge in [0.15, 0.2) is 0 Å². The molecule has 0 aliphatic carbocycles. The Kier molecular flexibility index (Phi) is 4.90. The van der Waals surface area contributed by atoms with E-state index >= 15 is 0 Å². The number of thioether (sulfide) groups is 1. The van der Waals surface area contributed by atoms with Gasteiger partial charge >= 0.3 is 0 Å². The average molecular weight is 266 g/mol. The van der Waals surface area contributed by atoms with E-state index in [0.717, 1.165) is 22.9 Å². The highest BCUT2D eigenvalue weighted by molar-refractivity contribution is 7.99. The molecule has 2 rings (SSSR count). The molecule has 1 aliphatic rings. The van der Waals surface area contributed by atoms with Crippen LogP contribution in [-0.2, 0) is 11.3 Å². The highest BCUT2D eigenvalue weighted by atomic mass is 32.2. The topological polar surface area (TPSA) is 50.4 Å². The largest absolute Gasteiger partial charge is 0.494 e. The van der Waals surface area contributed by atoms with Crippen LogP contribution in [-0.4, -0.2) is 30.2 Å². The Labute approximate surface area is 111 Å². The van der Waals surface area contributed by atoms with E-state index in [4.69, 9.17) is 4.74 Å². The van der Waals surface area contributed by atoms with Crippen LogP contribution in [0.1, 0.15) is 12.5 Å². The van der Waals surface area contributed by atoms with Crippen LogP contribution in [0.4, 0.5) is 0 Å². The standard InChI is InChI=1S/C13H18N2O2S/c1-2-17-11-5-3-10(4-6-11)7-14-13(16)12-8-18-9-15-12/h3-6,12,15H,2,7-9H2,1H3,(H,14,16). The first-order chi connectivity index (χ1) is 8.79. The van der Waals surface area contributed by atoms with E-state index in [1.165, 1.54) is 0 Å². The van der Waals surface area contributed by atoms with Crippen molar-refractivity contribution in [3.63, 3.8) is 0 Å². The van der Waals surface area contributed by atoms with Crippen molar-refractivity contribution in [2.45, 2.75) is 19.5 Å². The molecule has 0 saturated carbocycles. The minimum Gasteiger partial charge on any atom is -0.494 e. The second-order valence-corrected chi connectivity index (χ2v) is 5.10. The molecule has 0 aromatic heterocycles. The maximum Gasteiger partial charge on any atom is 0.238 e. The van der Waals surface area contributed by atoms with E-state index < -0.39 is 0 Å². The normalized spacial score (nSPS) is 18.6. The van der Waals surface area contributed by atoms with Crippen LogP contribution in [0.5, 0.6) is 5.75 Å². The number of ether oxygens (including phenoxy) is 1. The fraction of sp³-hybridized carbons (Fsp3) is 0.462. The number of hydrogen-bond donors (Lipinski definition) is 2. The number of hydrogen-bond acceptors (Lipinski definition) is 4. The highest BCUT2D eigenvalue weighted by Gasteiger charge is 2.21. The van der Waals surface area contributed by atoms with Gasteiger partial charge in [0.1, 0.15) is 5.75 Å². The van der Waals surface area contributed by atoms with Crippen molar-refractivity contribution in [1.29, 1.82) is 0 Å². The summed E-state index contributed by atoms with van der Waals surface area (Å²) in [5.74, 6) is 2.66. The van der Waals surface area contributed by atoms with Crippen molar-refractivity contribution in [3.05, 3.63) is 29.8 Å². The fourth-order valence-corrected chi connectivity index (χ4v) is 2.69. The van der Waals surface area contributed by atoms with Crippen LogP contribution in [0.3, 0.4) is 0 Å². The lowest BCUT2D eigenvalue weighted by Gasteiger charge is -2.10. The third kappa shape index (κ3) is 3.65. The molecule has 1 saturated heterocycles. The summed E-state index contributed by atoms with van der Waals surface area (Å²) in [5.41, 5.74) is 1.08. The maximum atomic E-state index is 11.8. The lowest BCUT2D eigenvalue weighted by atomic mass is 10.2. The Morgan fingerprint density at radius 3 is 2.89 bits per heavy atom. The maximum absolute atomic E-state index is 11.8. The van der Waals surface area contributed by atoms with Gasteiger partial charge in [0, 0.05) is 18.2 Å². The molecule has 1 heterocycles. The van der Waals surface area contributed by atoms with Gasteiger partial charge in [-0.3, -0.25) is 10.1 Å². The molecule has 1 aromatic rings. The van der Waals surface area contributed by atoms with E-state index in [1.807, 2.05) is 31.2 Å². The van der Waals surface area contributed by atoms with Crippen LogP contribution in [0.15, 0.2) is 24.3 Å². The summed E-state index contributed by atoms with van der Waals surface area (Å²) in [6.07, 6.45) is 0. The molecule has 0 bridgehead atoms. The van der Waals surface area contributed by atoms with Crippen molar-refractivity contribution in [2.24, 2.45) is 0 Å². The van der Waals surface area contributed by atoms with Crippen molar-refractivity contribution < 1.29 is 9.53 Å². The number of carbonyl (C=O) groups excluding carboxylic acids is 1. The zero-order valence-corrected chi connectivity index (χ0v) is 11.3. The van der Waals surface area contributed by atoms with Crippen molar-refractivity contribution in [3.8, 4) is 5.75 Å². The summed E-state index contributed by atoms with van der Waals surface area (Å²) in [7, 11) is 0. The van der Waals surface area contributed by atoms with Gasteiger partial charge in [-0.15, -0.1) is 11.8 Å². The fourth-order valence-electron chi connectivity index (χ4n) is 1.75. The second-order valence-electron chi connectivity index (χ2n) is 4.07. The molecule has 1 aromatic carbocycles. The number of nitrogens with one attached hydrogen (secondary N) is 2. The Morgan fingerprint density at radius 1 is 1.50 bits per heavy atom. The van der Waals surface area contributed by atoms with Gasteiger partial charge in [-0.05, 0) is 24.6 Å². The first-order valence-electron chi connectivity index (χ1n) is 6.10. The van der Waals surface area contributed by atoms with Gasteiger partial charge in [-0.2, -0.15) is 0 Å². The molecular formula is C13H18N2O2S. The summed E-state index contributed by atoms with van der Waals surface area (Å²) >= 11 is 1.75. The Morgan fingerprint density at radius 2 is 2.28 bits per heavy atom. The van der Waals surface area contributed by atoms with Crippen LogP contribution < -0.4 is 15.4 Å². The zero-order chi connectivity index (χ0) is 12.8. The van der Waals surface area contributed by atoms with Gasteiger partial charge in [0.25, 0.3) is 0 Å². The molecule has 2 N–H and O–H groups in total. The van der Waals surface area contributed by atoms with Crippen LogP contribution >= 0.6 is 11.8 Å². The monoisotopic (exact) mass is 266 g/mol. The molecular weight excluding hydrogens is 248 g/mol. The Balaban J connectivity index is 1.80. The second kappa shape index (κ2) is 6.66. The third-order valence-electron chi connectivity index (χ3n) is 2.73. The van der Waals surface area contributed by atoms with Gasteiger partial charge < -0.3 is 10.1 Å². The third-order valence-corrected chi connectivity index (χ3v) is 3.67. The van der Waals surface area contributed by atoms with Crippen LogP contribution in [0.25, 0.3) is 0 Å². The number of rotatable bonds is 5. The quantitative estimate of drug-likeness (QED) is 0.845. The summed E-state index contributed by atoms with van der Waals surface area (Å²) in [6.45, 7) is 3.19. The molecule has 5 heteroatoms. The molecule has 1 unspecified atom stereocenters. The highest BCUT2D eigenvalue weighted by Crippen LogP contribution is 2.12. The molecule has 1 aliphatic heterocycles. The predicted molar refractivity (Wildman–Crippen MR) is 73.7 cm³/mol. The van der Waals surface area contributed by atoms with E-state index in [1.54, 1.807) is 11.8 Å². The Bertz CT molecular complexity index is 388. The summed E-state index contributed by atoms with van der Waals surface area (Å²) in [5, 5.41) is 6.09. The van der Waals surface area contributed by atoms with Crippen molar-refractivity contribution >= 4 is 17.7 Å². The molecule has 1 amide bonds. The van der Waals surface area contributed by atoms with Crippen LogP contribution in [0.2, 0.25) is 0 Å². The molecule has 98 valence electrons.